The van der Waals surface area contributed by atoms with E-state index >= 15 is 0 Å². The Labute approximate surface area is 115 Å². The van der Waals surface area contributed by atoms with E-state index in [-0.39, 0.29) is 12.2 Å². The second-order valence-corrected chi connectivity index (χ2v) is 4.55. The molecular formula is C14H15NO5. The molecule has 0 saturated heterocycles. The maximum absolute atomic E-state index is 11.3. The standard InChI is InChI=1S/C14H15NO5/c1-8-3-4-10-9(5-8)6-11(13(17)18)15(10)7-12(16)14(19)20-2/h3-6,12,16H,7H2,1-2H3,(H,17,18). The van der Waals surface area contributed by atoms with E-state index in [0.29, 0.717) is 5.52 Å². The molecule has 0 saturated carbocycles. The largest absolute Gasteiger partial charge is 0.477 e. The van der Waals surface area contributed by atoms with Gasteiger partial charge in [0.25, 0.3) is 0 Å². The van der Waals surface area contributed by atoms with E-state index in [1.807, 2.05) is 19.1 Å². The molecule has 2 aromatic rings. The van der Waals surface area contributed by atoms with Crippen molar-refractivity contribution in [2.24, 2.45) is 0 Å². The number of benzene rings is 1. The molecule has 2 rings (SSSR count). The van der Waals surface area contributed by atoms with E-state index in [0.717, 1.165) is 10.9 Å². The number of rotatable bonds is 4. The Kier molecular flexibility index (Phi) is 3.76. The Hall–Kier alpha value is -2.34. The van der Waals surface area contributed by atoms with Gasteiger partial charge in [0.2, 0.25) is 0 Å². The summed E-state index contributed by atoms with van der Waals surface area (Å²) in [7, 11) is 1.17. The van der Waals surface area contributed by atoms with Crippen LogP contribution in [0.5, 0.6) is 0 Å². The summed E-state index contributed by atoms with van der Waals surface area (Å²) >= 11 is 0. The van der Waals surface area contributed by atoms with Gasteiger partial charge in [-0.05, 0) is 25.1 Å². The van der Waals surface area contributed by atoms with E-state index < -0.39 is 18.0 Å². The Morgan fingerprint density at radius 1 is 1.35 bits per heavy atom. The molecule has 1 aromatic carbocycles. The zero-order chi connectivity index (χ0) is 14.9. The summed E-state index contributed by atoms with van der Waals surface area (Å²) in [4.78, 5) is 22.6. The van der Waals surface area contributed by atoms with Crippen molar-refractivity contribution in [1.29, 1.82) is 0 Å². The van der Waals surface area contributed by atoms with Crippen molar-refractivity contribution >= 4 is 22.8 Å². The van der Waals surface area contributed by atoms with Crippen LogP contribution in [0, 0.1) is 6.92 Å². The smallest absolute Gasteiger partial charge is 0.352 e. The molecule has 0 radical (unpaired) electrons. The second kappa shape index (κ2) is 5.34. The van der Waals surface area contributed by atoms with Crippen LogP contribution in [-0.2, 0) is 16.1 Å². The van der Waals surface area contributed by atoms with Crippen molar-refractivity contribution in [3.63, 3.8) is 0 Å². The highest BCUT2D eigenvalue weighted by Crippen LogP contribution is 2.22. The molecule has 6 heteroatoms. The van der Waals surface area contributed by atoms with Gasteiger partial charge in [0.1, 0.15) is 5.69 Å². The molecule has 0 amide bonds. The number of aromatic carboxylic acids is 1. The lowest BCUT2D eigenvalue weighted by Crippen LogP contribution is -2.28. The Morgan fingerprint density at radius 3 is 2.65 bits per heavy atom. The van der Waals surface area contributed by atoms with Gasteiger partial charge >= 0.3 is 11.9 Å². The molecule has 0 aliphatic carbocycles. The van der Waals surface area contributed by atoms with E-state index in [9.17, 15) is 19.8 Å². The fourth-order valence-corrected chi connectivity index (χ4v) is 2.15. The minimum Gasteiger partial charge on any atom is -0.477 e. The van der Waals surface area contributed by atoms with Crippen LogP contribution in [0.3, 0.4) is 0 Å². The normalized spacial score (nSPS) is 12.3. The molecule has 0 spiro atoms. The SMILES string of the molecule is COC(=O)C(O)Cn1c(C(=O)O)cc2cc(C)ccc21. The molecule has 106 valence electrons. The third-order valence-corrected chi connectivity index (χ3v) is 3.10. The van der Waals surface area contributed by atoms with Crippen molar-refractivity contribution in [3.8, 4) is 0 Å². The topological polar surface area (TPSA) is 88.8 Å². The number of methoxy groups -OCH3 is 1. The molecule has 1 aromatic heterocycles. The fraction of sp³-hybridized carbons (Fsp3) is 0.286. The highest BCUT2D eigenvalue weighted by atomic mass is 16.5. The van der Waals surface area contributed by atoms with Crippen molar-refractivity contribution in [2.75, 3.05) is 7.11 Å². The minimum atomic E-state index is -1.41. The van der Waals surface area contributed by atoms with Crippen LogP contribution in [0.4, 0.5) is 0 Å². The highest BCUT2D eigenvalue weighted by Gasteiger charge is 2.21. The molecule has 6 nitrogen and oxygen atoms in total. The van der Waals surface area contributed by atoms with Crippen molar-refractivity contribution in [3.05, 3.63) is 35.5 Å². The van der Waals surface area contributed by atoms with Gasteiger partial charge in [-0.2, -0.15) is 0 Å². The summed E-state index contributed by atoms with van der Waals surface area (Å²) in [5, 5.41) is 19.7. The molecule has 0 fully saturated rings. The van der Waals surface area contributed by atoms with Gasteiger partial charge in [-0.1, -0.05) is 11.6 Å². The average Bonchev–Trinajstić information content (AvgIpc) is 2.75. The first-order chi connectivity index (χ1) is 9.43. The van der Waals surface area contributed by atoms with Crippen LogP contribution < -0.4 is 0 Å². The van der Waals surface area contributed by atoms with Crippen molar-refractivity contribution < 1.29 is 24.5 Å². The summed E-state index contributed by atoms with van der Waals surface area (Å²) in [6.07, 6.45) is -1.41. The first-order valence-electron chi connectivity index (χ1n) is 6.03. The van der Waals surface area contributed by atoms with Gasteiger partial charge in [0.15, 0.2) is 6.10 Å². The molecule has 1 atom stereocenters. The molecule has 1 unspecified atom stereocenters. The molecule has 1 heterocycles. The summed E-state index contributed by atoms with van der Waals surface area (Å²) < 4.78 is 5.84. The average molecular weight is 277 g/mol. The molecule has 0 aliphatic heterocycles. The first-order valence-corrected chi connectivity index (χ1v) is 6.03. The number of carbonyl (C=O) groups is 2. The number of aryl methyl sites for hydroxylation is 1. The maximum Gasteiger partial charge on any atom is 0.352 e. The summed E-state index contributed by atoms with van der Waals surface area (Å²) in [5.41, 5.74) is 1.67. The number of aromatic nitrogens is 1. The number of carboxylic acids is 1. The fourth-order valence-electron chi connectivity index (χ4n) is 2.15. The van der Waals surface area contributed by atoms with Gasteiger partial charge in [-0.25, -0.2) is 9.59 Å². The zero-order valence-corrected chi connectivity index (χ0v) is 11.2. The van der Waals surface area contributed by atoms with Gasteiger partial charge in [0, 0.05) is 10.9 Å². The van der Waals surface area contributed by atoms with E-state index in [4.69, 9.17) is 0 Å². The zero-order valence-electron chi connectivity index (χ0n) is 11.2. The Balaban J connectivity index is 2.51. The highest BCUT2D eigenvalue weighted by molar-refractivity contribution is 5.95. The lowest BCUT2D eigenvalue weighted by molar-refractivity contribution is -0.151. The number of carboxylic acid groups (broad SMARTS) is 1. The van der Waals surface area contributed by atoms with Gasteiger partial charge in [-0.15, -0.1) is 0 Å². The lowest BCUT2D eigenvalue weighted by atomic mass is 10.2. The predicted molar refractivity (Wildman–Crippen MR) is 71.7 cm³/mol. The van der Waals surface area contributed by atoms with E-state index in [1.165, 1.54) is 17.7 Å². The van der Waals surface area contributed by atoms with Gasteiger partial charge in [-0.3, -0.25) is 0 Å². The van der Waals surface area contributed by atoms with Gasteiger partial charge < -0.3 is 19.5 Å². The number of ether oxygens (including phenoxy) is 1. The number of aliphatic hydroxyl groups is 1. The second-order valence-electron chi connectivity index (χ2n) is 4.55. The van der Waals surface area contributed by atoms with Crippen molar-refractivity contribution in [1.82, 2.24) is 4.57 Å². The van der Waals surface area contributed by atoms with Gasteiger partial charge in [0.05, 0.1) is 13.7 Å². The molecule has 0 aliphatic rings. The number of aliphatic hydroxyl groups excluding tert-OH is 1. The minimum absolute atomic E-state index is 0.0218. The van der Waals surface area contributed by atoms with Crippen LogP contribution in [0.1, 0.15) is 16.1 Å². The number of nitrogens with zero attached hydrogens (tertiary/aromatic N) is 1. The quantitative estimate of drug-likeness (QED) is 0.819. The number of hydrogen-bond acceptors (Lipinski definition) is 4. The predicted octanol–water partition coefficient (Wildman–Crippen LogP) is 1.18. The Bertz CT molecular complexity index is 673. The van der Waals surface area contributed by atoms with Crippen LogP contribution in [0.25, 0.3) is 10.9 Å². The molecule has 20 heavy (non-hydrogen) atoms. The summed E-state index contributed by atoms with van der Waals surface area (Å²) in [6.45, 7) is 1.74. The van der Waals surface area contributed by atoms with Crippen LogP contribution >= 0.6 is 0 Å². The molecule has 2 N–H and O–H groups in total. The molecular weight excluding hydrogens is 262 g/mol. The molecule has 0 bridgehead atoms. The summed E-state index contributed by atoms with van der Waals surface area (Å²) in [5.74, 6) is -1.91. The Morgan fingerprint density at radius 2 is 2.05 bits per heavy atom. The number of carbonyl (C=O) groups excluding carboxylic acids is 1. The third-order valence-electron chi connectivity index (χ3n) is 3.10. The van der Waals surface area contributed by atoms with Crippen LogP contribution in [-0.4, -0.2) is 39.9 Å². The van der Waals surface area contributed by atoms with Crippen LogP contribution in [0.15, 0.2) is 24.3 Å². The monoisotopic (exact) mass is 277 g/mol. The van der Waals surface area contributed by atoms with Crippen molar-refractivity contribution in [2.45, 2.75) is 19.6 Å². The first kappa shape index (κ1) is 14.1. The maximum atomic E-state index is 11.3. The summed E-state index contributed by atoms with van der Waals surface area (Å²) in [6, 6.07) is 6.98. The lowest BCUT2D eigenvalue weighted by Gasteiger charge is -2.12. The number of hydrogen-bond donors (Lipinski definition) is 2. The van der Waals surface area contributed by atoms with E-state index in [1.54, 1.807) is 6.07 Å². The number of fused-ring (bicyclic) bond motifs is 1. The third kappa shape index (κ3) is 2.50. The van der Waals surface area contributed by atoms with E-state index in [2.05, 4.69) is 4.74 Å². The van der Waals surface area contributed by atoms with Crippen LogP contribution in [0.2, 0.25) is 0 Å². The number of esters is 1.